The molecule has 19 heavy (non-hydrogen) atoms. The molecule has 0 saturated heterocycles. The minimum atomic E-state index is -0.220. The van der Waals surface area contributed by atoms with Crippen LogP contribution in [0, 0.1) is 17.2 Å². The highest BCUT2D eigenvalue weighted by atomic mass is 35.5. The SMILES string of the molecule is CC(C)(C)C1CCCCC1Nc1cc(Cl)ccc1F. The summed E-state index contributed by atoms with van der Waals surface area (Å²) < 4.78 is 13.8. The maximum Gasteiger partial charge on any atom is 0.146 e. The van der Waals surface area contributed by atoms with Crippen molar-refractivity contribution in [1.82, 2.24) is 0 Å². The summed E-state index contributed by atoms with van der Waals surface area (Å²) in [7, 11) is 0. The van der Waals surface area contributed by atoms with Gasteiger partial charge in [0.2, 0.25) is 0 Å². The smallest absolute Gasteiger partial charge is 0.146 e. The lowest BCUT2D eigenvalue weighted by molar-refractivity contribution is 0.162. The van der Waals surface area contributed by atoms with Crippen LogP contribution in [0.1, 0.15) is 46.5 Å². The van der Waals surface area contributed by atoms with Crippen molar-refractivity contribution in [3.63, 3.8) is 0 Å². The first-order chi connectivity index (χ1) is 8.88. The summed E-state index contributed by atoms with van der Waals surface area (Å²) in [5.74, 6) is 0.349. The van der Waals surface area contributed by atoms with E-state index in [1.807, 2.05) is 0 Å². The van der Waals surface area contributed by atoms with Gasteiger partial charge in [-0.1, -0.05) is 45.2 Å². The molecule has 1 saturated carbocycles. The molecule has 0 radical (unpaired) electrons. The molecule has 1 aromatic rings. The molecular weight excluding hydrogens is 261 g/mol. The zero-order valence-electron chi connectivity index (χ0n) is 12.0. The zero-order chi connectivity index (χ0) is 14.0. The Hall–Kier alpha value is -0.760. The van der Waals surface area contributed by atoms with E-state index >= 15 is 0 Å². The second kappa shape index (κ2) is 5.70. The van der Waals surface area contributed by atoms with Crippen molar-refractivity contribution in [3.05, 3.63) is 29.0 Å². The molecule has 1 nitrogen and oxygen atoms in total. The fourth-order valence-corrected chi connectivity index (χ4v) is 3.32. The molecule has 0 bridgehead atoms. The molecule has 2 atom stereocenters. The predicted molar refractivity (Wildman–Crippen MR) is 80.2 cm³/mol. The van der Waals surface area contributed by atoms with Crippen LogP contribution in [0.25, 0.3) is 0 Å². The van der Waals surface area contributed by atoms with Gasteiger partial charge in [-0.15, -0.1) is 0 Å². The van der Waals surface area contributed by atoms with Crippen LogP contribution in [0.15, 0.2) is 18.2 Å². The van der Waals surface area contributed by atoms with Gasteiger partial charge in [-0.25, -0.2) is 4.39 Å². The lowest BCUT2D eigenvalue weighted by atomic mass is 9.69. The van der Waals surface area contributed by atoms with Gasteiger partial charge in [0.15, 0.2) is 0 Å². The monoisotopic (exact) mass is 283 g/mol. The first-order valence-corrected chi connectivity index (χ1v) is 7.47. The number of halogens is 2. The van der Waals surface area contributed by atoms with Crippen molar-refractivity contribution in [2.75, 3.05) is 5.32 Å². The molecule has 2 rings (SSSR count). The summed E-state index contributed by atoms with van der Waals surface area (Å²) in [5.41, 5.74) is 0.779. The highest BCUT2D eigenvalue weighted by molar-refractivity contribution is 6.30. The average molecular weight is 284 g/mol. The van der Waals surface area contributed by atoms with Gasteiger partial charge in [-0.3, -0.25) is 0 Å². The van der Waals surface area contributed by atoms with E-state index in [0.29, 0.717) is 22.7 Å². The number of rotatable bonds is 2. The van der Waals surface area contributed by atoms with Gasteiger partial charge >= 0.3 is 0 Å². The zero-order valence-corrected chi connectivity index (χ0v) is 12.7. The molecule has 0 aromatic heterocycles. The minimum absolute atomic E-state index is 0.220. The Balaban J connectivity index is 2.17. The Morgan fingerprint density at radius 2 is 1.89 bits per heavy atom. The Kier molecular flexibility index (Phi) is 4.39. The van der Waals surface area contributed by atoms with E-state index in [1.54, 1.807) is 12.1 Å². The largest absolute Gasteiger partial charge is 0.380 e. The maximum absolute atomic E-state index is 13.8. The molecule has 106 valence electrons. The second-order valence-corrected chi connectivity index (χ2v) is 7.07. The van der Waals surface area contributed by atoms with Crippen LogP contribution >= 0.6 is 11.6 Å². The molecule has 1 fully saturated rings. The van der Waals surface area contributed by atoms with Crippen molar-refractivity contribution >= 4 is 17.3 Å². The van der Waals surface area contributed by atoms with E-state index < -0.39 is 0 Å². The first-order valence-electron chi connectivity index (χ1n) is 7.09. The fourth-order valence-electron chi connectivity index (χ4n) is 3.15. The summed E-state index contributed by atoms with van der Waals surface area (Å²) in [6.07, 6.45) is 4.81. The second-order valence-electron chi connectivity index (χ2n) is 6.63. The third-order valence-electron chi connectivity index (χ3n) is 4.15. The average Bonchev–Trinajstić information content (AvgIpc) is 2.33. The molecule has 2 unspecified atom stereocenters. The number of benzene rings is 1. The topological polar surface area (TPSA) is 12.0 Å². The predicted octanol–water partition coefficient (Wildman–Crippen LogP) is 5.50. The van der Waals surface area contributed by atoms with Crippen LogP contribution in [0.3, 0.4) is 0 Å². The van der Waals surface area contributed by atoms with E-state index in [-0.39, 0.29) is 11.2 Å². The highest BCUT2D eigenvalue weighted by Gasteiger charge is 2.34. The van der Waals surface area contributed by atoms with Crippen LogP contribution in [-0.4, -0.2) is 6.04 Å². The van der Waals surface area contributed by atoms with E-state index in [0.717, 1.165) is 6.42 Å². The van der Waals surface area contributed by atoms with Crippen molar-refractivity contribution < 1.29 is 4.39 Å². The molecule has 0 spiro atoms. The van der Waals surface area contributed by atoms with Crippen molar-refractivity contribution in [2.24, 2.45) is 11.3 Å². The quantitative estimate of drug-likeness (QED) is 0.756. The van der Waals surface area contributed by atoms with E-state index in [9.17, 15) is 4.39 Å². The Morgan fingerprint density at radius 3 is 2.58 bits per heavy atom. The normalized spacial score (nSPS) is 24.3. The van der Waals surface area contributed by atoms with Gasteiger partial charge in [-0.2, -0.15) is 0 Å². The summed E-state index contributed by atoms with van der Waals surface area (Å²) >= 11 is 5.95. The molecule has 1 aliphatic rings. The molecule has 0 amide bonds. The molecule has 0 aliphatic heterocycles. The van der Waals surface area contributed by atoms with Crippen LogP contribution < -0.4 is 5.32 Å². The summed E-state index contributed by atoms with van der Waals surface area (Å²) in [6.45, 7) is 6.81. The Labute approximate surface area is 120 Å². The van der Waals surface area contributed by atoms with E-state index in [1.165, 1.54) is 25.3 Å². The van der Waals surface area contributed by atoms with Gasteiger partial charge in [0.1, 0.15) is 5.82 Å². The lowest BCUT2D eigenvalue weighted by Gasteiger charge is -2.41. The van der Waals surface area contributed by atoms with E-state index in [2.05, 4.69) is 26.1 Å². The van der Waals surface area contributed by atoms with Crippen LogP contribution in [-0.2, 0) is 0 Å². The third-order valence-corrected chi connectivity index (χ3v) is 4.38. The molecule has 0 heterocycles. The number of hydrogen-bond donors (Lipinski definition) is 1. The van der Waals surface area contributed by atoms with Gasteiger partial charge in [0.25, 0.3) is 0 Å². The van der Waals surface area contributed by atoms with Crippen LogP contribution in [0.2, 0.25) is 5.02 Å². The molecule has 1 aromatic carbocycles. The Bertz CT molecular complexity index is 439. The molecule has 1 aliphatic carbocycles. The summed E-state index contributed by atoms with van der Waals surface area (Å²) in [6, 6.07) is 5.04. The fraction of sp³-hybridized carbons (Fsp3) is 0.625. The molecular formula is C16H23ClFN. The van der Waals surface area contributed by atoms with Gasteiger partial charge < -0.3 is 5.32 Å². The number of hydrogen-bond acceptors (Lipinski definition) is 1. The summed E-state index contributed by atoms with van der Waals surface area (Å²) in [5, 5.41) is 3.96. The van der Waals surface area contributed by atoms with Crippen molar-refractivity contribution in [2.45, 2.75) is 52.5 Å². The van der Waals surface area contributed by atoms with Crippen molar-refractivity contribution in [3.8, 4) is 0 Å². The molecule has 1 N–H and O–H groups in total. The Morgan fingerprint density at radius 1 is 1.21 bits per heavy atom. The van der Waals surface area contributed by atoms with E-state index in [4.69, 9.17) is 11.6 Å². The van der Waals surface area contributed by atoms with Gasteiger partial charge in [-0.05, 0) is 42.4 Å². The maximum atomic E-state index is 13.8. The van der Waals surface area contributed by atoms with Crippen LogP contribution in [0.5, 0.6) is 0 Å². The first kappa shape index (κ1) is 14.6. The standard InChI is InChI=1S/C16H23ClFN/c1-16(2,3)12-6-4-5-7-14(12)19-15-10-11(17)8-9-13(15)18/h8-10,12,14,19H,4-7H2,1-3H3. The highest BCUT2D eigenvalue weighted by Crippen LogP contribution is 2.39. The number of nitrogens with one attached hydrogen (secondary N) is 1. The molecule has 3 heteroatoms. The number of anilines is 1. The van der Waals surface area contributed by atoms with Gasteiger partial charge in [0.05, 0.1) is 5.69 Å². The van der Waals surface area contributed by atoms with Crippen molar-refractivity contribution in [1.29, 1.82) is 0 Å². The van der Waals surface area contributed by atoms with Gasteiger partial charge in [0, 0.05) is 11.1 Å². The minimum Gasteiger partial charge on any atom is -0.380 e. The van der Waals surface area contributed by atoms with Crippen LogP contribution in [0.4, 0.5) is 10.1 Å². The summed E-state index contributed by atoms with van der Waals surface area (Å²) in [4.78, 5) is 0. The third kappa shape index (κ3) is 3.62. The lowest BCUT2D eigenvalue weighted by Crippen LogP contribution is -2.40.